The van der Waals surface area contributed by atoms with Gasteiger partial charge in [-0.15, -0.1) is 5.11 Å². The van der Waals surface area contributed by atoms with E-state index in [1.54, 1.807) is 13.8 Å². The van der Waals surface area contributed by atoms with Gasteiger partial charge < -0.3 is 5.73 Å². The van der Waals surface area contributed by atoms with Gasteiger partial charge in [0.1, 0.15) is 5.69 Å². The van der Waals surface area contributed by atoms with Crippen molar-refractivity contribution in [3.63, 3.8) is 0 Å². The molecule has 8 nitrogen and oxygen atoms in total. The van der Waals surface area contributed by atoms with Crippen molar-refractivity contribution >= 4 is 34.4 Å². The number of hydrogen-bond donors (Lipinski definition) is 1. The average molecular weight is 304 g/mol. The molecular formula is C12H12N6O2S. The molecule has 0 unspecified atom stereocenters. The molecule has 9 heteroatoms. The second-order valence-corrected chi connectivity index (χ2v) is 4.66. The molecule has 1 aromatic heterocycles. The minimum Gasteiger partial charge on any atom is -0.374 e. The first kappa shape index (κ1) is 14.7. The maximum atomic E-state index is 10.6. The molecule has 0 aliphatic heterocycles. The van der Waals surface area contributed by atoms with Crippen LogP contribution in [0.3, 0.4) is 0 Å². The van der Waals surface area contributed by atoms with Crippen molar-refractivity contribution in [2.24, 2.45) is 16.0 Å². The van der Waals surface area contributed by atoms with E-state index in [2.05, 4.69) is 15.3 Å². The van der Waals surface area contributed by atoms with E-state index in [1.165, 1.54) is 28.9 Å². The second-order valence-electron chi connectivity index (χ2n) is 4.24. The molecule has 0 fully saturated rings. The van der Waals surface area contributed by atoms with E-state index in [4.69, 9.17) is 18.0 Å². The van der Waals surface area contributed by atoms with Crippen molar-refractivity contribution in [2.45, 2.75) is 13.8 Å². The lowest BCUT2D eigenvalue weighted by atomic mass is 10.3. The summed E-state index contributed by atoms with van der Waals surface area (Å²) in [7, 11) is 0. The fourth-order valence-corrected chi connectivity index (χ4v) is 1.92. The highest BCUT2D eigenvalue weighted by Crippen LogP contribution is 2.26. The van der Waals surface area contributed by atoms with Crippen LogP contribution in [0, 0.1) is 24.0 Å². The molecule has 0 amide bonds. The zero-order valence-electron chi connectivity index (χ0n) is 11.3. The lowest BCUT2D eigenvalue weighted by molar-refractivity contribution is -0.384. The maximum Gasteiger partial charge on any atom is 0.269 e. The first-order chi connectivity index (χ1) is 9.90. The number of thiocarbonyl (C=S) groups is 1. The zero-order chi connectivity index (χ0) is 15.6. The van der Waals surface area contributed by atoms with Crippen LogP contribution in [-0.2, 0) is 0 Å². The van der Waals surface area contributed by atoms with Gasteiger partial charge in [-0.3, -0.25) is 10.1 Å². The molecule has 0 saturated heterocycles. The lowest BCUT2D eigenvalue weighted by Crippen LogP contribution is -2.21. The third-order valence-electron chi connectivity index (χ3n) is 2.79. The van der Waals surface area contributed by atoms with Crippen molar-refractivity contribution in [3.05, 3.63) is 45.8 Å². The molecule has 0 bridgehead atoms. The van der Waals surface area contributed by atoms with Crippen molar-refractivity contribution in [1.82, 2.24) is 9.78 Å². The van der Waals surface area contributed by atoms with Gasteiger partial charge in [-0.2, -0.15) is 10.2 Å². The maximum absolute atomic E-state index is 10.6. The molecule has 0 aliphatic carbocycles. The third-order valence-corrected chi connectivity index (χ3v) is 2.96. The second kappa shape index (κ2) is 5.75. The molecule has 0 radical (unpaired) electrons. The predicted octanol–water partition coefficient (Wildman–Crippen LogP) is 2.92. The Hall–Kier alpha value is -2.68. The number of non-ortho nitro benzene ring substituents is 1. The topological polar surface area (TPSA) is 112 Å². The Labute approximate surface area is 125 Å². The average Bonchev–Trinajstić information content (AvgIpc) is 2.72. The summed E-state index contributed by atoms with van der Waals surface area (Å²) in [4.78, 5) is 10.1. The van der Waals surface area contributed by atoms with E-state index in [0.29, 0.717) is 22.8 Å². The molecule has 1 heterocycles. The van der Waals surface area contributed by atoms with Crippen LogP contribution in [0.15, 0.2) is 34.5 Å². The van der Waals surface area contributed by atoms with Crippen molar-refractivity contribution in [1.29, 1.82) is 0 Å². The Bertz CT molecular complexity index is 735. The Morgan fingerprint density at radius 1 is 1.33 bits per heavy atom. The van der Waals surface area contributed by atoms with E-state index < -0.39 is 4.92 Å². The minimum atomic E-state index is -0.471. The van der Waals surface area contributed by atoms with Gasteiger partial charge >= 0.3 is 0 Å². The van der Waals surface area contributed by atoms with Gasteiger partial charge in [-0.25, -0.2) is 4.68 Å². The summed E-state index contributed by atoms with van der Waals surface area (Å²) in [5.41, 5.74) is 7.95. The van der Waals surface area contributed by atoms with E-state index in [9.17, 15) is 10.1 Å². The number of hydrogen-bond acceptors (Lipinski definition) is 6. The van der Waals surface area contributed by atoms with Gasteiger partial charge in [0.25, 0.3) is 5.69 Å². The van der Waals surface area contributed by atoms with Crippen LogP contribution in [0.5, 0.6) is 0 Å². The van der Waals surface area contributed by atoms with E-state index >= 15 is 0 Å². The van der Waals surface area contributed by atoms with Gasteiger partial charge in [-0.1, -0.05) is 0 Å². The first-order valence-electron chi connectivity index (χ1n) is 5.92. The molecule has 108 valence electrons. The van der Waals surface area contributed by atoms with Gasteiger partial charge in [0.15, 0.2) is 5.11 Å². The van der Waals surface area contributed by atoms with Gasteiger partial charge in [0, 0.05) is 12.1 Å². The van der Waals surface area contributed by atoms with E-state index in [-0.39, 0.29) is 10.8 Å². The summed E-state index contributed by atoms with van der Waals surface area (Å²) in [6.45, 7) is 3.55. The molecule has 1 aromatic carbocycles. The van der Waals surface area contributed by atoms with Crippen LogP contribution in [-0.4, -0.2) is 19.8 Å². The Kier molecular flexibility index (Phi) is 4.03. The van der Waals surface area contributed by atoms with Crippen LogP contribution < -0.4 is 5.73 Å². The van der Waals surface area contributed by atoms with Crippen LogP contribution in [0.1, 0.15) is 11.4 Å². The van der Waals surface area contributed by atoms with Gasteiger partial charge in [0.2, 0.25) is 0 Å². The van der Waals surface area contributed by atoms with Crippen molar-refractivity contribution in [2.75, 3.05) is 0 Å². The molecule has 21 heavy (non-hydrogen) atoms. The summed E-state index contributed by atoms with van der Waals surface area (Å²) >= 11 is 4.88. The van der Waals surface area contributed by atoms with Crippen LogP contribution in [0.4, 0.5) is 17.1 Å². The number of aryl methyl sites for hydroxylation is 1. The van der Waals surface area contributed by atoms with Crippen LogP contribution in [0.25, 0.3) is 0 Å². The summed E-state index contributed by atoms with van der Waals surface area (Å²) in [5.74, 6) is 0. The number of nitro benzene ring substituents is 1. The lowest BCUT2D eigenvalue weighted by Gasteiger charge is -1.98. The van der Waals surface area contributed by atoms with Crippen LogP contribution in [0.2, 0.25) is 0 Å². The number of nitrogens with zero attached hydrogens (tertiary/aromatic N) is 5. The molecule has 0 atom stereocenters. The first-order valence-corrected chi connectivity index (χ1v) is 6.33. The van der Waals surface area contributed by atoms with E-state index in [1.807, 2.05) is 0 Å². The highest BCUT2D eigenvalue weighted by Gasteiger charge is 2.12. The highest BCUT2D eigenvalue weighted by molar-refractivity contribution is 7.80. The molecule has 2 rings (SSSR count). The molecule has 0 aliphatic rings. The molecule has 2 N–H and O–H groups in total. The summed E-state index contributed by atoms with van der Waals surface area (Å²) in [6.07, 6.45) is 0. The standard InChI is InChI=1S/C12H12N6O2S/c1-7-11(8(2)17(16-7)12(13)21)15-14-9-3-5-10(6-4-9)18(19)20/h3-6H,1-2H3,(H2,13,21). The van der Waals surface area contributed by atoms with Gasteiger partial charge in [0.05, 0.1) is 22.0 Å². The fraction of sp³-hybridized carbons (Fsp3) is 0.167. The Balaban J connectivity index is 2.29. The SMILES string of the molecule is Cc1nn(C(N)=S)c(C)c1N=Nc1ccc([N+](=O)[O-])cc1. The monoisotopic (exact) mass is 304 g/mol. The third kappa shape index (κ3) is 3.08. The number of nitro groups is 1. The number of nitrogens with two attached hydrogens (primary N) is 1. The zero-order valence-corrected chi connectivity index (χ0v) is 12.2. The Morgan fingerprint density at radius 2 is 1.95 bits per heavy atom. The number of benzene rings is 1. The van der Waals surface area contributed by atoms with Crippen molar-refractivity contribution < 1.29 is 4.92 Å². The highest BCUT2D eigenvalue weighted by atomic mass is 32.1. The molecule has 0 saturated carbocycles. The predicted molar refractivity (Wildman–Crippen MR) is 81.2 cm³/mol. The number of aromatic nitrogens is 2. The summed E-state index contributed by atoms with van der Waals surface area (Å²) in [6, 6.07) is 5.77. The largest absolute Gasteiger partial charge is 0.374 e. The number of azo groups is 1. The van der Waals surface area contributed by atoms with E-state index in [0.717, 1.165) is 0 Å². The molecular weight excluding hydrogens is 292 g/mol. The van der Waals surface area contributed by atoms with Crippen LogP contribution >= 0.6 is 12.2 Å². The Morgan fingerprint density at radius 3 is 2.43 bits per heavy atom. The molecule has 2 aromatic rings. The fourth-order valence-electron chi connectivity index (χ4n) is 1.74. The summed E-state index contributed by atoms with van der Waals surface area (Å²) in [5, 5.41) is 23.0. The summed E-state index contributed by atoms with van der Waals surface area (Å²) < 4.78 is 1.41. The quantitative estimate of drug-likeness (QED) is 0.405. The normalized spacial score (nSPS) is 11.0. The van der Waals surface area contributed by atoms with Gasteiger partial charge in [-0.05, 0) is 38.2 Å². The molecule has 0 spiro atoms. The smallest absolute Gasteiger partial charge is 0.269 e. The number of rotatable bonds is 3. The van der Waals surface area contributed by atoms with Crippen molar-refractivity contribution in [3.8, 4) is 0 Å². The minimum absolute atomic E-state index is 0.00242.